The highest BCUT2D eigenvalue weighted by Gasteiger charge is 2.17. The summed E-state index contributed by atoms with van der Waals surface area (Å²) >= 11 is 7.37. The Morgan fingerprint density at radius 2 is 1.89 bits per heavy atom. The molecule has 0 saturated heterocycles. The molecule has 7 nitrogen and oxygen atoms in total. The fraction of sp³-hybridized carbons (Fsp3) is 0.222. The Morgan fingerprint density at radius 3 is 2.63 bits per heavy atom. The normalized spacial score (nSPS) is 10.1. The van der Waals surface area contributed by atoms with Crippen molar-refractivity contribution in [3.63, 3.8) is 0 Å². The lowest BCUT2D eigenvalue weighted by Crippen LogP contribution is -2.38. The molecule has 2 amide bonds. The Morgan fingerprint density at radius 1 is 1.11 bits per heavy atom. The minimum Gasteiger partial charge on any atom is -0.452 e. The lowest BCUT2D eigenvalue weighted by Gasteiger charge is -2.09. The highest BCUT2D eigenvalue weighted by Crippen LogP contribution is 2.33. The zero-order valence-corrected chi connectivity index (χ0v) is 16.1. The Kier molecular flexibility index (Phi) is 8.09. The maximum atomic E-state index is 12.3. The summed E-state index contributed by atoms with van der Waals surface area (Å²) in [6.45, 7) is 1.57. The molecule has 0 atom stereocenters. The number of pyridine rings is 1. The van der Waals surface area contributed by atoms with Crippen molar-refractivity contribution in [1.82, 2.24) is 15.6 Å². The third kappa shape index (κ3) is 6.58. The van der Waals surface area contributed by atoms with Crippen molar-refractivity contribution in [1.29, 1.82) is 0 Å². The number of likely N-dealkylation sites (N-methyl/N-ethyl adjacent to an activating group) is 1. The van der Waals surface area contributed by atoms with E-state index < -0.39 is 18.5 Å². The van der Waals surface area contributed by atoms with E-state index in [1.807, 2.05) is 12.1 Å². The molecule has 0 spiro atoms. The molecule has 9 heteroatoms. The van der Waals surface area contributed by atoms with Gasteiger partial charge in [0.25, 0.3) is 5.91 Å². The molecule has 0 fully saturated rings. The number of benzene rings is 1. The summed E-state index contributed by atoms with van der Waals surface area (Å²) in [7, 11) is 0. The molecule has 0 aliphatic heterocycles. The van der Waals surface area contributed by atoms with Crippen LogP contribution in [0.1, 0.15) is 17.3 Å². The van der Waals surface area contributed by atoms with E-state index in [4.69, 9.17) is 16.3 Å². The van der Waals surface area contributed by atoms with Gasteiger partial charge in [-0.3, -0.25) is 9.59 Å². The molecule has 2 rings (SSSR count). The quantitative estimate of drug-likeness (QED) is 0.651. The molecule has 1 aromatic carbocycles. The lowest BCUT2D eigenvalue weighted by molar-refractivity contribution is -0.127. The number of esters is 1. The van der Waals surface area contributed by atoms with Gasteiger partial charge in [-0.2, -0.15) is 0 Å². The molecule has 2 aromatic rings. The largest absolute Gasteiger partial charge is 0.452 e. The van der Waals surface area contributed by atoms with Gasteiger partial charge >= 0.3 is 5.97 Å². The highest BCUT2D eigenvalue weighted by molar-refractivity contribution is 7.99. The van der Waals surface area contributed by atoms with Crippen LogP contribution in [0.2, 0.25) is 5.02 Å². The number of rotatable bonds is 8. The van der Waals surface area contributed by atoms with Crippen molar-refractivity contribution in [3.05, 3.63) is 53.2 Å². The van der Waals surface area contributed by atoms with Crippen LogP contribution in [-0.2, 0) is 14.3 Å². The average molecular weight is 408 g/mol. The predicted octanol–water partition coefficient (Wildman–Crippen LogP) is 2.30. The van der Waals surface area contributed by atoms with E-state index in [1.165, 1.54) is 11.8 Å². The van der Waals surface area contributed by atoms with Crippen molar-refractivity contribution in [2.75, 3.05) is 19.7 Å². The van der Waals surface area contributed by atoms with Crippen molar-refractivity contribution in [2.45, 2.75) is 16.8 Å². The monoisotopic (exact) mass is 407 g/mol. The minimum atomic E-state index is -0.689. The van der Waals surface area contributed by atoms with Gasteiger partial charge in [-0.1, -0.05) is 35.5 Å². The van der Waals surface area contributed by atoms with Gasteiger partial charge in [0.2, 0.25) is 5.91 Å². The van der Waals surface area contributed by atoms with Crippen LogP contribution in [0.5, 0.6) is 0 Å². The molecule has 0 aliphatic rings. The fourth-order valence-electron chi connectivity index (χ4n) is 1.96. The van der Waals surface area contributed by atoms with Gasteiger partial charge < -0.3 is 15.4 Å². The van der Waals surface area contributed by atoms with Crippen molar-refractivity contribution in [2.24, 2.45) is 0 Å². The van der Waals surface area contributed by atoms with E-state index >= 15 is 0 Å². The van der Waals surface area contributed by atoms with E-state index in [2.05, 4.69) is 15.6 Å². The second-order valence-electron chi connectivity index (χ2n) is 5.19. The van der Waals surface area contributed by atoms with Crippen LogP contribution >= 0.6 is 23.4 Å². The number of hydrogen-bond acceptors (Lipinski definition) is 6. The topological polar surface area (TPSA) is 97.4 Å². The van der Waals surface area contributed by atoms with Gasteiger partial charge in [0, 0.05) is 17.6 Å². The summed E-state index contributed by atoms with van der Waals surface area (Å²) in [5.74, 6) is -1.58. The van der Waals surface area contributed by atoms with Gasteiger partial charge in [-0.25, -0.2) is 9.78 Å². The van der Waals surface area contributed by atoms with Gasteiger partial charge in [0.15, 0.2) is 6.61 Å². The zero-order valence-electron chi connectivity index (χ0n) is 14.5. The molecule has 0 aliphatic carbocycles. The lowest BCUT2D eigenvalue weighted by atomic mass is 10.3. The number of nitrogens with one attached hydrogen (secondary N) is 2. The SMILES string of the molecule is CCNC(=O)CNC(=O)COC(=O)c1cccnc1Sc1ccccc1Cl. The van der Waals surface area contributed by atoms with Crippen molar-refractivity contribution < 1.29 is 19.1 Å². The molecule has 1 heterocycles. The number of ether oxygens (including phenoxy) is 1. The number of hydrogen-bond donors (Lipinski definition) is 2. The highest BCUT2D eigenvalue weighted by atomic mass is 35.5. The molecule has 2 N–H and O–H groups in total. The summed E-state index contributed by atoms with van der Waals surface area (Å²) in [5, 5.41) is 5.87. The maximum Gasteiger partial charge on any atom is 0.341 e. The zero-order chi connectivity index (χ0) is 19.6. The van der Waals surface area contributed by atoms with Crippen LogP contribution in [0.25, 0.3) is 0 Å². The van der Waals surface area contributed by atoms with E-state index in [-0.39, 0.29) is 18.0 Å². The Labute approximate surface area is 165 Å². The second kappa shape index (κ2) is 10.5. The van der Waals surface area contributed by atoms with Crippen LogP contribution in [0, 0.1) is 0 Å². The van der Waals surface area contributed by atoms with Gasteiger partial charge in [0.05, 0.1) is 17.1 Å². The molecule has 0 unspecified atom stereocenters. The second-order valence-corrected chi connectivity index (χ2v) is 6.63. The maximum absolute atomic E-state index is 12.3. The summed E-state index contributed by atoms with van der Waals surface area (Å²) < 4.78 is 5.02. The molecule has 142 valence electrons. The first-order valence-corrected chi connectivity index (χ1v) is 9.28. The summed E-state index contributed by atoms with van der Waals surface area (Å²) in [5.41, 5.74) is 0.221. The standard InChI is InChI=1S/C18H18ClN3O4S/c1-2-20-15(23)10-22-16(24)11-26-18(25)12-6-5-9-21-17(12)27-14-8-4-3-7-13(14)19/h3-9H,2,10-11H2,1H3,(H,20,23)(H,22,24). The number of carbonyl (C=O) groups excluding carboxylic acids is 3. The first-order chi connectivity index (χ1) is 13.0. The number of halogens is 1. The van der Waals surface area contributed by atoms with Crippen molar-refractivity contribution in [3.8, 4) is 0 Å². The van der Waals surface area contributed by atoms with Crippen LogP contribution in [0.3, 0.4) is 0 Å². The third-order valence-corrected chi connectivity index (χ3v) is 4.72. The molecule has 0 saturated carbocycles. The molecule has 1 aromatic heterocycles. The fourth-order valence-corrected chi connectivity index (χ4v) is 3.10. The Bertz CT molecular complexity index is 832. The summed E-state index contributed by atoms with van der Waals surface area (Å²) in [4.78, 5) is 40.3. The Balaban J connectivity index is 1.96. The molecule has 27 heavy (non-hydrogen) atoms. The molecular weight excluding hydrogens is 390 g/mol. The summed E-state index contributed by atoms with van der Waals surface area (Å²) in [6, 6.07) is 10.3. The van der Waals surface area contributed by atoms with Crippen LogP contribution < -0.4 is 10.6 Å². The predicted molar refractivity (Wildman–Crippen MR) is 102 cm³/mol. The third-order valence-electron chi connectivity index (χ3n) is 3.19. The van der Waals surface area contributed by atoms with Gasteiger partial charge in [0.1, 0.15) is 5.03 Å². The van der Waals surface area contributed by atoms with Crippen LogP contribution in [-0.4, -0.2) is 42.5 Å². The van der Waals surface area contributed by atoms with Crippen LogP contribution in [0.15, 0.2) is 52.5 Å². The average Bonchev–Trinajstić information content (AvgIpc) is 2.67. The van der Waals surface area contributed by atoms with Crippen LogP contribution in [0.4, 0.5) is 0 Å². The van der Waals surface area contributed by atoms with E-state index in [9.17, 15) is 14.4 Å². The van der Waals surface area contributed by atoms with E-state index in [1.54, 1.807) is 37.4 Å². The molecule has 0 bridgehead atoms. The van der Waals surface area contributed by atoms with Gasteiger partial charge in [-0.05, 0) is 31.2 Å². The number of amides is 2. The minimum absolute atomic E-state index is 0.176. The molecule has 0 radical (unpaired) electrons. The van der Waals surface area contributed by atoms with Gasteiger partial charge in [-0.15, -0.1) is 0 Å². The van der Waals surface area contributed by atoms with E-state index in [0.717, 1.165) is 4.90 Å². The first kappa shape index (κ1) is 20.7. The van der Waals surface area contributed by atoms with E-state index in [0.29, 0.717) is 16.6 Å². The number of nitrogens with zero attached hydrogens (tertiary/aromatic N) is 1. The smallest absolute Gasteiger partial charge is 0.341 e. The first-order valence-electron chi connectivity index (χ1n) is 8.09. The number of aromatic nitrogens is 1. The van der Waals surface area contributed by atoms with Crippen molar-refractivity contribution >= 4 is 41.1 Å². The Hall–Kier alpha value is -2.58. The number of carbonyl (C=O) groups is 3. The summed E-state index contributed by atoms with van der Waals surface area (Å²) in [6.07, 6.45) is 1.55. The molecular formula is C18H18ClN3O4S.